The Kier molecular flexibility index (Phi) is 4.20. The highest BCUT2D eigenvalue weighted by Crippen LogP contribution is 2.18. The molecule has 0 aliphatic rings. The Labute approximate surface area is 116 Å². The number of nitriles is 1. The molecule has 0 saturated heterocycles. The van der Waals surface area contributed by atoms with Crippen LogP contribution in [0.1, 0.15) is 5.76 Å². The smallest absolute Gasteiger partial charge is 0.284 e. The standard InChI is InChI=1S/C15H12N2O3/c1-19-14-8-7-13(20-14)9-11(10-16)15(18)17-12-5-3-2-4-6-12/h2-9H,1H3,(H,17,18)/b11-9+. The zero-order valence-corrected chi connectivity index (χ0v) is 10.8. The zero-order chi connectivity index (χ0) is 14.4. The molecule has 100 valence electrons. The zero-order valence-electron chi connectivity index (χ0n) is 10.8. The first-order chi connectivity index (χ1) is 9.72. The van der Waals surface area contributed by atoms with Crippen LogP contribution in [-0.4, -0.2) is 13.0 Å². The first-order valence-electron chi connectivity index (χ1n) is 5.85. The van der Waals surface area contributed by atoms with Crippen LogP contribution in [0, 0.1) is 11.3 Å². The number of nitrogens with one attached hydrogen (secondary N) is 1. The third-order valence-electron chi connectivity index (χ3n) is 2.49. The van der Waals surface area contributed by atoms with E-state index in [-0.39, 0.29) is 5.57 Å². The van der Waals surface area contributed by atoms with Gasteiger partial charge >= 0.3 is 0 Å². The summed E-state index contributed by atoms with van der Waals surface area (Å²) in [6, 6.07) is 14.0. The van der Waals surface area contributed by atoms with Gasteiger partial charge in [-0.3, -0.25) is 4.79 Å². The number of carbonyl (C=O) groups excluding carboxylic acids is 1. The maximum atomic E-state index is 11.9. The average Bonchev–Trinajstić information content (AvgIpc) is 2.93. The summed E-state index contributed by atoms with van der Waals surface area (Å²) in [5, 5.41) is 11.7. The van der Waals surface area contributed by atoms with Crippen LogP contribution in [0.2, 0.25) is 0 Å². The molecule has 1 aromatic carbocycles. The van der Waals surface area contributed by atoms with Gasteiger partial charge in [0.25, 0.3) is 11.9 Å². The fourth-order valence-corrected chi connectivity index (χ4v) is 1.53. The van der Waals surface area contributed by atoms with E-state index in [1.165, 1.54) is 13.2 Å². The number of rotatable bonds is 4. The highest BCUT2D eigenvalue weighted by Gasteiger charge is 2.10. The van der Waals surface area contributed by atoms with Gasteiger partial charge in [0.05, 0.1) is 7.11 Å². The number of nitrogens with zero attached hydrogens (tertiary/aromatic N) is 1. The van der Waals surface area contributed by atoms with Gasteiger partial charge in [0.1, 0.15) is 17.4 Å². The number of carbonyl (C=O) groups is 1. The van der Waals surface area contributed by atoms with Crippen LogP contribution in [0.25, 0.3) is 6.08 Å². The van der Waals surface area contributed by atoms with Crippen LogP contribution in [0.3, 0.4) is 0 Å². The van der Waals surface area contributed by atoms with Gasteiger partial charge in [0, 0.05) is 17.8 Å². The molecule has 2 aromatic rings. The van der Waals surface area contributed by atoms with E-state index < -0.39 is 5.91 Å². The predicted octanol–water partition coefficient (Wildman–Crippen LogP) is 2.83. The van der Waals surface area contributed by atoms with Gasteiger partial charge in [-0.15, -0.1) is 0 Å². The minimum Gasteiger partial charge on any atom is -0.468 e. The maximum Gasteiger partial charge on any atom is 0.284 e. The molecule has 0 unspecified atom stereocenters. The van der Waals surface area contributed by atoms with E-state index >= 15 is 0 Å². The summed E-state index contributed by atoms with van der Waals surface area (Å²) in [7, 11) is 1.47. The average molecular weight is 268 g/mol. The molecule has 2 rings (SSSR count). The number of anilines is 1. The predicted molar refractivity (Wildman–Crippen MR) is 73.9 cm³/mol. The van der Waals surface area contributed by atoms with Crippen molar-refractivity contribution in [1.29, 1.82) is 5.26 Å². The molecular formula is C15H12N2O3. The summed E-state index contributed by atoms with van der Waals surface area (Å²) in [5.41, 5.74) is 0.571. The lowest BCUT2D eigenvalue weighted by Gasteiger charge is -2.02. The second-order valence-corrected chi connectivity index (χ2v) is 3.85. The number of para-hydroxylation sites is 1. The molecule has 0 bridgehead atoms. The van der Waals surface area contributed by atoms with Crippen LogP contribution < -0.4 is 10.1 Å². The molecule has 0 aliphatic carbocycles. The molecule has 5 nitrogen and oxygen atoms in total. The monoisotopic (exact) mass is 268 g/mol. The molecule has 0 saturated carbocycles. The lowest BCUT2D eigenvalue weighted by molar-refractivity contribution is -0.112. The summed E-state index contributed by atoms with van der Waals surface area (Å²) >= 11 is 0. The topological polar surface area (TPSA) is 75.3 Å². The van der Waals surface area contributed by atoms with Crippen LogP contribution in [0.15, 0.2) is 52.5 Å². The molecule has 20 heavy (non-hydrogen) atoms. The second kappa shape index (κ2) is 6.25. The molecule has 1 amide bonds. The van der Waals surface area contributed by atoms with Crippen molar-refractivity contribution in [2.24, 2.45) is 0 Å². The largest absolute Gasteiger partial charge is 0.468 e. The van der Waals surface area contributed by atoms with E-state index in [0.717, 1.165) is 0 Å². The highest BCUT2D eigenvalue weighted by molar-refractivity contribution is 6.09. The quantitative estimate of drug-likeness (QED) is 0.683. The summed E-state index contributed by atoms with van der Waals surface area (Å²) in [6.07, 6.45) is 1.36. The van der Waals surface area contributed by atoms with Gasteiger partial charge in [-0.2, -0.15) is 5.26 Å². The van der Waals surface area contributed by atoms with Gasteiger partial charge < -0.3 is 14.5 Å². The van der Waals surface area contributed by atoms with Crippen LogP contribution in [0.5, 0.6) is 5.95 Å². The minimum atomic E-state index is -0.492. The fourth-order valence-electron chi connectivity index (χ4n) is 1.53. The number of hydrogen-bond acceptors (Lipinski definition) is 4. The van der Waals surface area contributed by atoms with E-state index in [9.17, 15) is 4.79 Å². The SMILES string of the molecule is COc1ccc(/C=C(\C#N)C(=O)Nc2ccccc2)o1. The second-order valence-electron chi connectivity index (χ2n) is 3.85. The molecule has 0 fully saturated rings. The molecular weight excluding hydrogens is 256 g/mol. The molecule has 1 aromatic heterocycles. The summed E-state index contributed by atoms with van der Waals surface area (Å²) < 4.78 is 10.1. The van der Waals surface area contributed by atoms with Crippen molar-refractivity contribution >= 4 is 17.7 Å². The Morgan fingerprint density at radius 2 is 2.05 bits per heavy atom. The lowest BCUT2D eigenvalue weighted by Crippen LogP contribution is -2.13. The fraction of sp³-hybridized carbons (Fsp3) is 0.0667. The molecule has 0 radical (unpaired) electrons. The number of methoxy groups -OCH3 is 1. The van der Waals surface area contributed by atoms with Crippen LogP contribution >= 0.6 is 0 Å². The van der Waals surface area contributed by atoms with Gasteiger partial charge in [0.2, 0.25) is 0 Å². The molecule has 0 spiro atoms. The lowest BCUT2D eigenvalue weighted by atomic mass is 10.2. The first kappa shape index (κ1) is 13.4. The third-order valence-corrected chi connectivity index (χ3v) is 2.49. The Balaban J connectivity index is 2.15. The highest BCUT2D eigenvalue weighted by atomic mass is 16.6. The van der Waals surface area contributed by atoms with Crippen molar-refractivity contribution in [2.45, 2.75) is 0 Å². The number of ether oxygens (including phenoxy) is 1. The van der Waals surface area contributed by atoms with Crippen molar-refractivity contribution < 1.29 is 13.9 Å². The van der Waals surface area contributed by atoms with Gasteiger partial charge in [0.15, 0.2) is 0 Å². The first-order valence-corrected chi connectivity index (χ1v) is 5.85. The Hall–Kier alpha value is -3.00. The maximum absolute atomic E-state index is 11.9. The van der Waals surface area contributed by atoms with Gasteiger partial charge in [-0.1, -0.05) is 18.2 Å². The van der Waals surface area contributed by atoms with E-state index in [2.05, 4.69) is 5.32 Å². The van der Waals surface area contributed by atoms with E-state index in [4.69, 9.17) is 14.4 Å². The van der Waals surface area contributed by atoms with Gasteiger partial charge in [-0.05, 0) is 18.2 Å². The van der Waals surface area contributed by atoms with Crippen molar-refractivity contribution in [1.82, 2.24) is 0 Å². The Bertz CT molecular complexity index is 666. The van der Waals surface area contributed by atoms with Crippen molar-refractivity contribution in [3.63, 3.8) is 0 Å². The Morgan fingerprint density at radius 3 is 2.65 bits per heavy atom. The summed E-state index contributed by atoms with van der Waals surface area (Å²) in [4.78, 5) is 11.9. The van der Waals surface area contributed by atoms with E-state index in [1.807, 2.05) is 12.1 Å². The van der Waals surface area contributed by atoms with Crippen LogP contribution in [-0.2, 0) is 4.79 Å². The Morgan fingerprint density at radius 1 is 1.30 bits per heavy atom. The van der Waals surface area contributed by atoms with Crippen molar-refractivity contribution in [2.75, 3.05) is 12.4 Å². The number of hydrogen-bond donors (Lipinski definition) is 1. The number of amides is 1. The minimum absolute atomic E-state index is 0.0501. The normalized spacial score (nSPS) is 10.7. The summed E-state index contributed by atoms with van der Waals surface area (Å²) in [5.74, 6) is 0.202. The summed E-state index contributed by atoms with van der Waals surface area (Å²) in [6.45, 7) is 0. The number of furan rings is 1. The van der Waals surface area contributed by atoms with Crippen LogP contribution in [0.4, 0.5) is 5.69 Å². The third kappa shape index (κ3) is 3.27. The van der Waals surface area contributed by atoms with E-state index in [0.29, 0.717) is 17.4 Å². The van der Waals surface area contributed by atoms with Gasteiger partial charge in [-0.25, -0.2) is 0 Å². The molecule has 1 N–H and O–H groups in total. The molecule has 5 heteroatoms. The molecule has 0 aliphatic heterocycles. The molecule has 1 heterocycles. The molecule has 0 atom stereocenters. The number of benzene rings is 1. The van der Waals surface area contributed by atoms with Crippen molar-refractivity contribution in [3.8, 4) is 12.0 Å². The van der Waals surface area contributed by atoms with Crippen molar-refractivity contribution in [3.05, 3.63) is 53.8 Å². The van der Waals surface area contributed by atoms with E-state index in [1.54, 1.807) is 36.4 Å².